The fourth-order valence-electron chi connectivity index (χ4n) is 3.11. The quantitative estimate of drug-likeness (QED) is 0.945. The van der Waals surface area contributed by atoms with Crippen molar-refractivity contribution in [1.82, 2.24) is 4.98 Å². The van der Waals surface area contributed by atoms with Crippen molar-refractivity contribution in [3.05, 3.63) is 53.3 Å². The topological polar surface area (TPSA) is 62.3 Å². The highest BCUT2D eigenvalue weighted by atomic mass is 16.2. The van der Waals surface area contributed by atoms with Crippen LogP contribution in [0, 0.1) is 12.8 Å². The van der Waals surface area contributed by atoms with Gasteiger partial charge in [-0.1, -0.05) is 6.07 Å². The van der Waals surface area contributed by atoms with Crippen molar-refractivity contribution in [2.45, 2.75) is 26.2 Å². The zero-order valence-electron chi connectivity index (χ0n) is 13.6. The van der Waals surface area contributed by atoms with E-state index in [2.05, 4.69) is 10.3 Å². The molecule has 5 nitrogen and oxygen atoms in total. The maximum atomic E-state index is 12.9. The summed E-state index contributed by atoms with van der Waals surface area (Å²) < 4.78 is 0. The number of carbonyl (C=O) groups excluding carboxylic acids is 2. The first kappa shape index (κ1) is 14.9. The monoisotopic (exact) mass is 321 g/mol. The van der Waals surface area contributed by atoms with Gasteiger partial charge in [-0.05, 0) is 55.5 Å². The molecule has 0 bridgehead atoms. The Morgan fingerprint density at radius 3 is 2.88 bits per heavy atom. The predicted octanol–water partition coefficient (Wildman–Crippen LogP) is 2.94. The fourth-order valence-corrected chi connectivity index (χ4v) is 3.11. The molecule has 2 aromatic rings. The van der Waals surface area contributed by atoms with Crippen molar-refractivity contribution in [2.75, 3.05) is 16.8 Å². The minimum Gasteiger partial charge on any atom is -0.326 e. The zero-order chi connectivity index (χ0) is 16.7. The van der Waals surface area contributed by atoms with E-state index in [4.69, 9.17) is 0 Å². The Bertz CT molecular complexity index is 827. The third kappa shape index (κ3) is 2.66. The van der Waals surface area contributed by atoms with Crippen LogP contribution in [0.3, 0.4) is 0 Å². The Morgan fingerprint density at radius 2 is 2.12 bits per heavy atom. The van der Waals surface area contributed by atoms with E-state index in [0.717, 1.165) is 36.1 Å². The molecule has 0 saturated heterocycles. The molecule has 1 saturated carbocycles. The van der Waals surface area contributed by atoms with Gasteiger partial charge in [0.25, 0.3) is 5.91 Å². The summed E-state index contributed by atoms with van der Waals surface area (Å²) in [5.74, 6) is 0.166. The first-order valence-corrected chi connectivity index (χ1v) is 8.30. The molecule has 1 aromatic heterocycles. The second kappa shape index (κ2) is 5.74. The first-order chi connectivity index (χ1) is 11.6. The van der Waals surface area contributed by atoms with Gasteiger partial charge in [-0.3, -0.25) is 14.6 Å². The van der Waals surface area contributed by atoms with Gasteiger partial charge in [0.05, 0.1) is 11.9 Å². The number of anilines is 2. The highest BCUT2D eigenvalue weighted by Crippen LogP contribution is 2.31. The molecule has 1 aliphatic carbocycles. The lowest BCUT2D eigenvalue weighted by Crippen LogP contribution is -2.38. The van der Waals surface area contributed by atoms with E-state index in [-0.39, 0.29) is 17.7 Å². The Morgan fingerprint density at radius 1 is 1.29 bits per heavy atom. The van der Waals surface area contributed by atoms with Gasteiger partial charge < -0.3 is 10.2 Å². The van der Waals surface area contributed by atoms with E-state index < -0.39 is 0 Å². The number of benzene rings is 1. The predicted molar refractivity (Wildman–Crippen MR) is 92.2 cm³/mol. The van der Waals surface area contributed by atoms with Gasteiger partial charge in [0.2, 0.25) is 5.91 Å². The van der Waals surface area contributed by atoms with Crippen LogP contribution in [0.5, 0.6) is 0 Å². The van der Waals surface area contributed by atoms with Crippen LogP contribution in [-0.4, -0.2) is 23.3 Å². The molecule has 0 atom stereocenters. The standard InChI is InChI=1S/C19H19N3O2/c1-12-6-8-20-11-17(12)22-9-7-13-4-5-15(10-16(13)19(22)24)21-18(23)14-2-3-14/h4-6,8,10-11,14H,2-3,7,9H2,1H3,(H,21,23). The molecule has 1 aliphatic heterocycles. The van der Waals surface area contributed by atoms with Gasteiger partial charge in [-0.15, -0.1) is 0 Å². The molecule has 122 valence electrons. The smallest absolute Gasteiger partial charge is 0.258 e. The highest BCUT2D eigenvalue weighted by Gasteiger charge is 2.30. The second-order valence-corrected chi connectivity index (χ2v) is 6.50. The van der Waals surface area contributed by atoms with Crippen molar-refractivity contribution in [2.24, 2.45) is 5.92 Å². The third-order valence-electron chi connectivity index (χ3n) is 4.71. The maximum Gasteiger partial charge on any atom is 0.258 e. The Hall–Kier alpha value is -2.69. The van der Waals surface area contributed by atoms with Gasteiger partial charge in [0.1, 0.15) is 0 Å². The minimum absolute atomic E-state index is 0.0325. The summed E-state index contributed by atoms with van der Waals surface area (Å²) in [6.45, 7) is 2.62. The summed E-state index contributed by atoms with van der Waals surface area (Å²) in [6.07, 6.45) is 6.18. The first-order valence-electron chi connectivity index (χ1n) is 8.30. The SMILES string of the molecule is Cc1ccncc1N1CCc2ccc(NC(=O)C3CC3)cc2C1=O. The number of hydrogen-bond acceptors (Lipinski definition) is 3. The second-order valence-electron chi connectivity index (χ2n) is 6.50. The lowest BCUT2D eigenvalue weighted by Gasteiger charge is -2.29. The molecule has 0 unspecified atom stereocenters. The van der Waals surface area contributed by atoms with Crippen molar-refractivity contribution < 1.29 is 9.59 Å². The van der Waals surface area contributed by atoms with E-state index in [0.29, 0.717) is 17.8 Å². The van der Waals surface area contributed by atoms with Gasteiger partial charge in [-0.25, -0.2) is 0 Å². The molecule has 0 spiro atoms. The molecule has 2 aliphatic rings. The van der Waals surface area contributed by atoms with Crippen LogP contribution in [0.4, 0.5) is 11.4 Å². The molecule has 24 heavy (non-hydrogen) atoms. The number of aromatic nitrogens is 1. The molecular weight excluding hydrogens is 302 g/mol. The maximum absolute atomic E-state index is 12.9. The molecule has 1 aromatic carbocycles. The summed E-state index contributed by atoms with van der Waals surface area (Å²) in [4.78, 5) is 30.8. The summed E-state index contributed by atoms with van der Waals surface area (Å²) in [6, 6.07) is 7.54. The number of nitrogens with zero attached hydrogens (tertiary/aromatic N) is 2. The third-order valence-corrected chi connectivity index (χ3v) is 4.71. The van der Waals surface area contributed by atoms with Crippen LogP contribution in [0.2, 0.25) is 0 Å². The largest absolute Gasteiger partial charge is 0.326 e. The number of aryl methyl sites for hydroxylation is 1. The number of amides is 2. The van der Waals surface area contributed by atoms with E-state index in [1.807, 2.05) is 25.1 Å². The zero-order valence-corrected chi connectivity index (χ0v) is 13.6. The number of pyridine rings is 1. The van der Waals surface area contributed by atoms with Crippen LogP contribution in [-0.2, 0) is 11.2 Å². The molecule has 1 N–H and O–H groups in total. The van der Waals surface area contributed by atoms with E-state index in [1.54, 1.807) is 23.4 Å². The summed E-state index contributed by atoms with van der Waals surface area (Å²) in [5.41, 5.74) is 4.27. The van der Waals surface area contributed by atoms with Gasteiger partial charge >= 0.3 is 0 Å². The molecule has 1 fully saturated rings. The number of fused-ring (bicyclic) bond motifs is 1. The average molecular weight is 321 g/mol. The van der Waals surface area contributed by atoms with E-state index in [9.17, 15) is 9.59 Å². The van der Waals surface area contributed by atoms with Crippen LogP contribution >= 0.6 is 0 Å². The summed E-state index contributed by atoms with van der Waals surface area (Å²) in [7, 11) is 0. The Kier molecular flexibility index (Phi) is 3.56. The number of hydrogen-bond donors (Lipinski definition) is 1. The van der Waals surface area contributed by atoms with E-state index in [1.165, 1.54) is 0 Å². The van der Waals surface area contributed by atoms with Crippen LogP contribution in [0.1, 0.15) is 34.3 Å². The molecule has 4 rings (SSSR count). The minimum atomic E-state index is -0.0325. The average Bonchev–Trinajstić information content (AvgIpc) is 3.42. The van der Waals surface area contributed by atoms with Crippen molar-refractivity contribution in [1.29, 1.82) is 0 Å². The number of rotatable bonds is 3. The van der Waals surface area contributed by atoms with Gasteiger partial charge in [-0.2, -0.15) is 0 Å². The molecule has 0 radical (unpaired) electrons. The molecule has 2 heterocycles. The van der Waals surface area contributed by atoms with E-state index >= 15 is 0 Å². The molecule has 2 amide bonds. The number of nitrogens with one attached hydrogen (secondary N) is 1. The van der Waals surface area contributed by atoms with Crippen molar-refractivity contribution in [3.63, 3.8) is 0 Å². The van der Waals surface area contributed by atoms with Crippen molar-refractivity contribution in [3.8, 4) is 0 Å². The number of carbonyl (C=O) groups is 2. The molecular formula is C19H19N3O2. The lowest BCUT2D eigenvalue weighted by molar-refractivity contribution is -0.117. The van der Waals surface area contributed by atoms with Crippen LogP contribution in [0.25, 0.3) is 0 Å². The summed E-state index contributed by atoms with van der Waals surface area (Å²) >= 11 is 0. The van der Waals surface area contributed by atoms with Gasteiger partial charge in [0, 0.05) is 29.9 Å². The van der Waals surface area contributed by atoms with Crippen LogP contribution in [0.15, 0.2) is 36.7 Å². The van der Waals surface area contributed by atoms with Gasteiger partial charge in [0.15, 0.2) is 0 Å². The molecule has 5 heteroatoms. The lowest BCUT2D eigenvalue weighted by atomic mass is 9.97. The van der Waals surface area contributed by atoms with Crippen molar-refractivity contribution >= 4 is 23.2 Å². The Labute approximate surface area is 140 Å². The summed E-state index contributed by atoms with van der Waals surface area (Å²) in [5, 5.41) is 2.92. The highest BCUT2D eigenvalue weighted by molar-refractivity contribution is 6.09. The normalized spacial score (nSPS) is 16.7. The fraction of sp³-hybridized carbons (Fsp3) is 0.316. The Balaban J connectivity index is 1.63. The van der Waals surface area contributed by atoms with Crippen LogP contribution < -0.4 is 10.2 Å².